The fourth-order valence-corrected chi connectivity index (χ4v) is 2.34. The number of hydrogen-bond donors (Lipinski definition) is 1. The maximum absolute atomic E-state index is 6.10. The minimum Gasteiger partial charge on any atom is -0.383 e. The van der Waals surface area contributed by atoms with Crippen LogP contribution in [0.4, 0.5) is 11.8 Å². The minimum atomic E-state index is 0.520. The summed E-state index contributed by atoms with van der Waals surface area (Å²) < 4.78 is 5.33. The average molecular weight is 270 g/mol. The standard InChI is InChI=1S/C15H18N4O/c1-11-3-2-4-12(9-11)13-10-17-15(18-14(13)16)19-5-7-20-8-6-19/h2-4,9-10H,5-8H2,1H3,(H2,16,17,18). The molecule has 0 amide bonds. The third-order valence-corrected chi connectivity index (χ3v) is 3.43. The van der Waals surface area contributed by atoms with Gasteiger partial charge in [0.25, 0.3) is 0 Å². The van der Waals surface area contributed by atoms with Crippen LogP contribution in [0.1, 0.15) is 5.56 Å². The monoisotopic (exact) mass is 270 g/mol. The highest BCUT2D eigenvalue weighted by atomic mass is 16.5. The Kier molecular flexibility index (Phi) is 3.52. The maximum atomic E-state index is 6.10. The van der Waals surface area contributed by atoms with Crippen molar-refractivity contribution in [1.29, 1.82) is 0 Å². The summed E-state index contributed by atoms with van der Waals surface area (Å²) in [5, 5.41) is 0. The number of aryl methyl sites for hydroxylation is 1. The van der Waals surface area contributed by atoms with Crippen molar-refractivity contribution in [3.63, 3.8) is 0 Å². The molecule has 0 spiro atoms. The largest absolute Gasteiger partial charge is 0.383 e. The van der Waals surface area contributed by atoms with Gasteiger partial charge in [0.05, 0.1) is 13.2 Å². The lowest BCUT2D eigenvalue weighted by Gasteiger charge is -2.27. The van der Waals surface area contributed by atoms with Crippen molar-refractivity contribution in [1.82, 2.24) is 9.97 Å². The van der Waals surface area contributed by atoms with Crippen molar-refractivity contribution in [3.05, 3.63) is 36.0 Å². The SMILES string of the molecule is Cc1cccc(-c2cnc(N3CCOCC3)nc2N)c1. The van der Waals surface area contributed by atoms with E-state index in [0.717, 1.165) is 24.2 Å². The normalized spacial score (nSPS) is 15.3. The summed E-state index contributed by atoms with van der Waals surface area (Å²) in [6.07, 6.45) is 1.81. The van der Waals surface area contributed by atoms with Crippen LogP contribution in [0.2, 0.25) is 0 Å². The summed E-state index contributed by atoms with van der Waals surface area (Å²) in [6.45, 7) is 5.10. The molecule has 3 rings (SSSR count). The van der Waals surface area contributed by atoms with E-state index < -0.39 is 0 Å². The van der Waals surface area contributed by atoms with E-state index in [0.29, 0.717) is 25.0 Å². The van der Waals surface area contributed by atoms with Crippen molar-refractivity contribution in [3.8, 4) is 11.1 Å². The predicted octanol–water partition coefficient (Wildman–Crippen LogP) is 1.87. The second-order valence-electron chi connectivity index (χ2n) is 4.94. The first-order valence-corrected chi connectivity index (χ1v) is 6.76. The Morgan fingerprint density at radius 3 is 2.75 bits per heavy atom. The van der Waals surface area contributed by atoms with Gasteiger partial charge in [0, 0.05) is 24.8 Å². The van der Waals surface area contributed by atoms with Gasteiger partial charge in [0.1, 0.15) is 5.82 Å². The van der Waals surface area contributed by atoms with Crippen LogP contribution in [0.3, 0.4) is 0 Å². The zero-order valence-electron chi connectivity index (χ0n) is 11.5. The molecular weight excluding hydrogens is 252 g/mol. The van der Waals surface area contributed by atoms with Gasteiger partial charge in [-0.25, -0.2) is 4.98 Å². The molecule has 2 heterocycles. The van der Waals surface area contributed by atoms with Gasteiger partial charge >= 0.3 is 0 Å². The molecule has 0 saturated carbocycles. The molecule has 0 atom stereocenters. The van der Waals surface area contributed by atoms with Crippen molar-refractivity contribution < 1.29 is 4.74 Å². The molecule has 2 aromatic rings. The van der Waals surface area contributed by atoms with Gasteiger partial charge in [-0.05, 0) is 12.5 Å². The van der Waals surface area contributed by atoms with Gasteiger partial charge in [-0.2, -0.15) is 4.98 Å². The number of nitrogens with two attached hydrogens (primary N) is 1. The zero-order valence-corrected chi connectivity index (χ0v) is 11.5. The fraction of sp³-hybridized carbons (Fsp3) is 0.333. The summed E-state index contributed by atoms with van der Waals surface area (Å²) in [4.78, 5) is 11.0. The van der Waals surface area contributed by atoms with Crippen molar-refractivity contribution in [2.45, 2.75) is 6.92 Å². The molecule has 0 unspecified atom stereocenters. The van der Waals surface area contributed by atoms with Gasteiger partial charge in [-0.1, -0.05) is 29.8 Å². The molecule has 0 bridgehead atoms. The van der Waals surface area contributed by atoms with E-state index in [1.807, 2.05) is 18.3 Å². The van der Waals surface area contributed by atoms with Gasteiger partial charge in [0.2, 0.25) is 5.95 Å². The van der Waals surface area contributed by atoms with Gasteiger partial charge < -0.3 is 15.4 Å². The van der Waals surface area contributed by atoms with Crippen LogP contribution in [-0.4, -0.2) is 36.3 Å². The van der Waals surface area contributed by atoms with E-state index >= 15 is 0 Å². The quantitative estimate of drug-likeness (QED) is 0.902. The Balaban J connectivity index is 1.91. The van der Waals surface area contributed by atoms with Crippen LogP contribution in [0.5, 0.6) is 0 Å². The second kappa shape index (κ2) is 5.46. The molecule has 5 heteroatoms. The third kappa shape index (κ3) is 2.58. The topological polar surface area (TPSA) is 64.3 Å². The fourth-order valence-electron chi connectivity index (χ4n) is 2.34. The van der Waals surface area contributed by atoms with Crippen LogP contribution in [0, 0.1) is 6.92 Å². The van der Waals surface area contributed by atoms with Crippen molar-refractivity contribution in [2.75, 3.05) is 36.9 Å². The number of nitrogens with zero attached hydrogens (tertiary/aromatic N) is 3. The van der Waals surface area contributed by atoms with Crippen molar-refractivity contribution in [2.24, 2.45) is 0 Å². The molecule has 5 nitrogen and oxygen atoms in total. The Morgan fingerprint density at radius 1 is 1.25 bits per heavy atom. The first-order chi connectivity index (χ1) is 9.74. The number of aromatic nitrogens is 2. The molecule has 104 valence electrons. The lowest BCUT2D eigenvalue weighted by Crippen LogP contribution is -2.37. The number of ether oxygens (including phenoxy) is 1. The second-order valence-corrected chi connectivity index (χ2v) is 4.94. The Labute approximate surface area is 118 Å². The number of nitrogen functional groups attached to an aromatic ring is 1. The van der Waals surface area contributed by atoms with Crippen LogP contribution in [0.15, 0.2) is 30.5 Å². The zero-order chi connectivity index (χ0) is 13.9. The van der Waals surface area contributed by atoms with Gasteiger partial charge in [0.15, 0.2) is 0 Å². The highest BCUT2D eigenvalue weighted by Crippen LogP contribution is 2.26. The highest BCUT2D eigenvalue weighted by Gasteiger charge is 2.15. The molecule has 2 N–H and O–H groups in total. The predicted molar refractivity (Wildman–Crippen MR) is 79.6 cm³/mol. The van der Waals surface area contributed by atoms with E-state index in [9.17, 15) is 0 Å². The smallest absolute Gasteiger partial charge is 0.227 e. The lowest BCUT2D eigenvalue weighted by molar-refractivity contribution is 0.122. The van der Waals surface area contributed by atoms with Crippen LogP contribution in [-0.2, 0) is 4.74 Å². The first kappa shape index (κ1) is 12.9. The highest BCUT2D eigenvalue weighted by molar-refractivity contribution is 5.74. The van der Waals surface area contributed by atoms with Crippen LogP contribution in [0.25, 0.3) is 11.1 Å². The number of morpholine rings is 1. The average Bonchev–Trinajstić information content (AvgIpc) is 2.48. The molecule has 1 aliphatic rings. The molecular formula is C15H18N4O. The molecule has 1 aliphatic heterocycles. The maximum Gasteiger partial charge on any atom is 0.227 e. The summed E-state index contributed by atoms with van der Waals surface area (Å²) in [6, 6.07) is 8.18. The Hall–Kier alpha value is -2.14. The molecule has 1 aromatic carbocycles. The summed E-state index contributed by atoms with van der Waals surface area (Å²) in [7, 11) is 0. The first-order valence-electron chi connectivity index (χ1n) is 6.76. The van der Waals surface area contributed by atoms with Crippen LogP contribution < -0.4 is 10.6 Å². The molecule has 1 fully saturated rings. The van der Waals surface area contributed by atoms with Gasteiger partial charge in [-0.15, -0.1) is 0 Å². The van der Waals surface area contributed by atoms with E-state index in [1.165, 1.54) is 5.56 Å². The Morgan fingerprint density at radius 2 is 2.05 bits per heavy atom. The number of hydrogen-bond acceptors (Lipinski definition) is 5. The Bertz CT molecular complexity index is 609. The summed E-state index contributed by atoms with van der Waals surface area (Å²) in [5.74, 6) is 1.20. The minimum absolute atomic E-state index is 0.520. The molecule has 1 saturated heterocycles. The number of rotatable bonds is 2. The van der Waals surface area contributed by atoms with Crippen LogP contribution >= 0.6 is 0 Å². The van der Waals surface area contributed by atoms with Gasteiger partial charge in [-0.3, -0.25) is 0 Å². The van der Waals surface area contributed by atoms with E-state index in [1.54, 1.807) is 0 Å². The lowest BCUT2D eigenvalue weighted by atomic mass is 10.1. The summed E-state index contributed by atoms with van der Waals surface area (Å²) in [5.41, 5.74) is 9.23. The van der Waals surface area contributed by atoms with E-state index in [2.05, 4.69) is 33.9 Å². The molecule has 1 aromatic heterocycles. The number of anilines is 2. The van der Waals surface area contributed by atoms with E-state index in [-0.39, 0.29) is 0 Å². The molecule has 20 heavy (non-hydrogen) atoms. The summed E-state index contributed by atoms with van der Waals surface area (Å²) >= 11 is 0. The van der Waals surface area contributed by atoms with Crippen molar-refractivity contribution >= 4 is 11.8 Å². The molecule has 0 aliphatic carbocycles. The molecule has 0 radical (unpaired) electrons. The van der Waals surface area contributed by atoms with E-state index in [4.69, 9.17) is 10.5 Å². The third-order valence-electron chi connectivity index (χ3n) is 3.43. The number of benzene rings is 1.